The third-order valence-corrected chi connectivity index (χ3v) is 5.16. The normalized spacial score (nSPS) is 12.4. The minimum atomic E-state index is -0.582. The SMILES string of the molecule is CCC(C(=O)NCc1cccc(F)c1)n1c2ccccc2c2cnn(C)c(=O)c21. The van der Waals surface area contributed by atoms with Crippen LogP contribution in [0.2, 0.25) is 0 Å². The quantitative estimate of drug-likeness (QED) is 0.567. The highest BCUT2D eigenvalue weighted by Crippen LogP contribution is 2.30. The highest BCUT2D eigenvalue weighted by atomic mass is 19.1. The summed E-state index contributed by atoms with van der Waals surface area (Å²) >= 11 is 0. The Morgan fingerprint density at radius 2 is 1.97 bits per heavy atom. The van der Waals surface area contributed by atoms with Crippen molar-refractivity contribution in [2.75, 3.05) is 0 Å². The molecule has 0 spiro atoms. The molecule has 4 rings (SSSR count). The Kier molecular flexibility index (Phi) is 4.88. The molecule has 148 valence electrons. The summed E-state index contributed by atoms with van der Waals surface area (Å²) < 4.78 is 16.5. The molecule has 7 heteroatoms. The van der Waals surface area contributed by atoms with Crippen LogP contribution in [0, 0.1) is 5.82 Å². The van der Waals surface area contributed by atoms with Gasteiger partial charge < -0.3 is 9.88 Å². The van der Waals surface area contributed by atoms with Crippen molar-refractivity contribution >= 4 is 27.7 Å². The van der Waals surface area contributed by atoms with Crippen LogP contribution in [0.15, 0.2) is 59.5 Å². The van der Waals surface area contributed by atoms with Gasteiger partial charge in [0, 0.05) is 24.4 Å². The molecule has 0 saturated heterocycles. The predicted octanol–water partition coefficient (Wildman–Crippen LogP) is 3.29. The molecule has 0 aliphatic heterocycles. The monoisotopic (exact) mass is 392 g/mol. The molecule has 4 aromatic rings. The van der Waals surface area contributed by atoms with E-state index in [-0.39, 0.29) is 23.8 Å². The van der Waals surface area contributed by atoms with Gasteiger partial charge in [0.15, 0.2) is 0 Å². The molecule has 29 heavy (non-hydrogen) atoms. The van der Waals surface area contributed by atoms with Gasteiger partial charge in [0.1, 0.15) is 17.4 Å². The molecule has 2 heterocycles. The molecule has 0 bridgehead atoms. The van der Waals surface area contributed by atoms with Crippen molar-refractivity contribution in [3.63, 3.8) is 0 Å². The van der Waals surface area contributed by atoms with E-state index in [0.29, 0.717) is 17.5 Å². The second-order valence-electron chi connectivity index (χ2n) is 6.99. The molecule has 2 aromatic heterocycles. The summed E-state index contributed by atoms with van der Waals surface area (Å²) in [4.78, 5) is 25.9. The number of fused-ring (bicyclic) bond motifs is 3. The zero-order valence-corrected chi connectivity index (χ0v) is 16.2. The van der Waals surface area contributed by atoms with Crippen LogP contribution in [-0.4, -0.2) is 20.3 Å². The van der Waals surface area contributed by atoms with Gasteiger partial charge in [-0.1, -0.05) is 37.3 Å². The van der Waals surface area contributed by atoms with Gasteiger partial charge in [-0.2, -0.15) is 5.10 Å². The van der Waals surface area contributed by atoms with Gasteiger partial charge in [0.2, 0.25) is 5.91 Å². The molecule has 0 aliphatic rings. The molecule has 0 radical (unpaired) electrons. The van der Waals surface area contributed by atoms with Gasteiger partial charge in [-0.05, 0) is 30.2 Å². The van der Waals surface area contributed by atoms with Crippen LogP contribution in [0.3, 0.4) is 0 Å². The van der Waals surface area contributed by atoms with E-state index in [1.807, 2.05) is 31.2 Å². The summed E-state index contributed by atoms with van der Waals surface area (Å²) in [5.74, 6) is -0.569. The number of para-hydroxylation sites is 1. The van der Waals surface area contributed by atoms with Crippen molar-refractivity contribution in [3.8, 4) is 0 Å². The lowest BCUT2D eigenvalue weighted by atomic mass is 10.1. The summed E-state index contributed by atoms with van der Waals surface area (Å²) in [6.07, 6.45) is 2.15. The topological polar surface area (TPSA) is 68.9 Å². The number of benzene rings is 2. The molecular formula is C22H21FN4O2. The Labute approximate surface area is 166 Å². The molecule has 6 nitrogen and oxygen atoms in total. The first kappa shape index (κ1) is 18.9. The van der Waals surface area contributed by atoms with Gasteiger partial charge in [-0.3, -0.25) is 9.59 Å². The van der Waals surface area contributed by atoms with E-state index < -0.39 is 6.04 Å². The van der Waals surface area contributed by atoms with E-state index in [1.165, 1.54) is 16.8 Å². The molecular weight excluding hydrogens is 371 g/mol. The van der Waals surface area contributed by atoms with Crippen molar-refractivity contribution < 1.29 is 9.18 Å². The molecule has 1 amide bonds. The number of hydrogen-bond donors (Lipinski definition) is 1. The van der Waals surface area contributed by atoms with E-state index in [0.717, 1.165) is 16.3 Å². The third kappa shape index (κ3) is 3.29. The Bertz CT molecular complexity index is 1280. The van der Waals surface area contributed by atoms with Crippen molar-refractivity contribution in [3.05, 3.63) is 76.5 Å². The van der Waals surface area contributed by atoms with Crippen LogP contribution < -0.4 is 10.9 Å². The van der Waals surface area contributed by atoms with Crippen molar-refractivity contribution in [1.29, 1.82) is 0 Å². The second kappa shape index (κ2) is 7.50. The first-order chi connectivity index (χ1) is 14.0. The highest BCUT2D eigenvalue weighted by Gasteiger charge is 2.25. The Hall–Kier alpha value is -3.48. The average Bonchev–Trinajstić information content (AvgIpc) is 3.05. The number of carbonyl (C=O) groups is 1. The second-order valence-corrected chi connectivity index (χ2v) is 6.99. The summed E-state index contributed by atoms with van der Waals surface area (Å²) in [7, 11) is 1.59. The molecule has 2 aromatic carbocycles. The number of nitrogens with zero attached hydrogens (tertiary/aromatic N) is 3. The van der Waals surface area contributed by atoms with Gasteiger partial charge in [-0.25, -0.2) is 9.07 Å². The molecule has 1 atom stereocenters. The van der Waals surface area contributed by atoms with Crippen LogP contribution in [0.25, 0.3) is 21.8 Å². The van der Waals surface area contributed by atoms with E-state index in [2.05, 4.69) is 10.4 Å². The number of rotatable bonds is 5. The van der Waals surface area contributed by atoms with Crippen LogP contribution >= 0.6 is 0 Å². The number of aryl methyl sites for hydroxylation is 1. The van der Waals surface area contributed by atoms with E-state index in [9.17, 15) is 14.0 Å². The average molecular weight is 392 g/mol. The van der Waals surface area contributed by atoms with E-state index >= 15 is 0 Å². The minimum absolute atomic E-state index is 0.212. The fourth-order valence-corrected chi connectivity index (χ4v) is 3.75. The third-order valence-electron chi connectivity index (χ3n) is 5.16. The van der Waals surface area contributed by atoms with E-state index in [1.54, 1.807) is 29.9 Å². The lowest BCUT2D eigenvalue weighted by Gasteiger charge is -2.19. The van der Waals surface area contributed by atoms with Crippen molar-refractivity contribution in [1.82, 2.24) is 19.7 Å². The first-order valence-electron chi connectivity index (χ1n) is 9.48. The van der Waals surface area contributed by atoms with Crippen molar-refractivity contribution in [2.45, 2.75) is 25.9 Å². The van der Waals surface area contributed by atoms with E-state index in [4.69, 9.17) is 0 Å². The zero-order chi connectivity index (χ0) is 20.5. The molecule has 1 N–H and O–H groups in total. The first-order valence-corrected chi connectivity index (χ1v) is 9.48. The number of hydrogen-bond acceptors (Lipinski definition) is 3. The predicted molar refractivity (Wildman–Crippen MR) is 110 cm³/mol. The smallest absolute Gasteiger partial charge is 0.291 e. The maximum atomic E-state index is 13.4. The van der Waals surface area contributed by atoms with Gasteiger partial charge in [-0.15, -0.1) is 0 Å². The van der Waals surface area contributed by atoms with Crippen molar-refractivity contribution in [2.24, 2.45) is 7.05 Å². The Morgan fingerprint density at radius 3 is 2.72 bits per heavy atom. The standard InChI is InChI=1S/C22H21FN4O2/c1-3-18(21(28)24-12-14-7-6-8-15(23)11-14)27-19-10-5-4-9-16(19)17-13-25-26(2)22(29)20(17)27/h4-11,13,18H,3,12H2,1-2H3,(H,24,28). The number of amides is 1. The number of nitrogens with one attached hydrogen (secondary N) is 1. The van der Waals surface area contributed by atoms with Crippen LogP contribution in [0.5, 0.6) is 0 Å². The van der Waals surface area contributed by atoms with Gasteiger partial charge >= 0.3 is 0 Å². The highest BCUT2D eigenvalue weighted by molar-refractivity contribution is 6.08. The largest absolute Gasteiger partial charge is 0.350 e. The number of aromatic nitrogens is 3. The number of carbonyl (C=O) groups excluding carboxylic acids is 1. The number of halogens is 1. The minimum Gasteiger partial charge on any atom is -0.350 e. The van der Waals surface area contributed by atoms with Crippen LogP contribution in [0.4, 0.5) is 4.39 Å². The Morgan fingerprint density at radius 1 is 1.17 bits per heavy atom. The zero-order valence-electron chi connectivity index (χ0n) is 16.2. The lowest BCUT2D eigenvalue weighted by molar-refractivity contribution is -0.124. The molecule has 0 fully saturated rings. The molecule has 0 aliphatic carbocycles. The summed E-state index contributed by atoms with van der Waals surface area (Å²) in [5, 5.41) is 8.62. The van der Waals surface area contributed by atoms with Crippen LogP contribution in [0.1, 0.15) is 24.9 Å². The summed E-state index contributed by atoms with van der Waals surface area (Å²) in [6, 6.07) is 13.1. The summed E-state index contributed by atoms with van der Waals surface area (Å²) in [6.45, 7) is 2.11. The fourth-order valence-electron chi connectivity index (χ4n) is 3.75. The maximum absolute atomic E-state index is 13.4. The maximum Gasteiger partial charge on any atom is 0.291 e. The summed E-state index contributed by atoms with van der Waals surface area (Å²) in [5.41, 5.74) is 1.68. The lowest BCUT2D eigenvalue weighted by Crippen LogP contribution is -2.33. The van der Waals surface area contributed by atoms with Gasteiger partial charge in [0.25, 0.3) is 5.56 Å². The van der Waals surface area contributed by atoms with Crippen LogP contribution in [-0.2, 0) is 18.4 Å². The molecule has 0 saturated carbocycles. The molecule has 1 unspecified atom stereocenters. The Balaban J connectivity index is 1.79. The fraction of sp³-hybridized carbons (Fsp3) is 0.227. The van der Waals surface area contributed by atoms with Gasteiger partial charge in [0.05, 0.1) is 11.7 Å².